The number of rotatable bonds is 9. The highest BCUT2D eigenvalue weighted by atomic mass is 79.9. The van der Waals surface area contributed by atoms with Gasteiger partial charge in [0.25, 0.3) is 0 Å². The van der Waals surface area contributed by atoms with E-state index in [1.54, 1.807) is 60.7 Å². The molecule has 4 aromatic carbocycles. The zero-order chi connectivity index (χ0) is 27.3. The second-order valence-corrected chi connectivity index (χ2v) is 10.7. The molecule has 0 saturated heterocycles. The largest absolute Gasteiger partial charge is 0.513 e. The van der Waals surface area contributed by atoms with Gasteiger partial charge in [0.2, 0.25) is 0 Å². The molecule has 11 heteroatoms. The van der Waals surface area contributed by atoms with Gasteiger partial charge in [-0.1, -0.05) is 72.8 Å². The summed E-state index contributed by atoms with van der Waals surface area (Å²) in [5.74, 6) is -1.47. The van der Waals surface area contributed by atoms with Crippen LogP contribution in [-0.2, 0) is 26.9 Å². The van der Waals surface area contributed by atoms with Gasteiger partial charge < -0.3 is 13.8 Å². The number of halogens is 4. The average molecular weight is 608 g/mol. The summed E-state index contributed by atoms with van der Waals surface area (Å²) in [6.45, 7) is 1.30. The molecule has 0 saturated carbocycles. The Morgan fingerprint density at radius 3 is 2.32 bits per heavy atom. The van der Waals surface area contributed by atoms with Crippen molar-refractivity contribution in [1.82, 2.24) is 5.09 Å². The van der Waals surface area contributed by atoms with Gasteiger partial charge in [0.1, 0.15) is 18.4 Å². The summed E-state index contributed by atoms with van der Waals surface area (Å²) in [6, 6.07) is 22.8. The first-order valence-electron chi connectivity index (χ1n) is 11.4. The normalized spacial score (nSPS) is 13.9. The lowest BCUT2D eigenvalue weighted by molar-refractivity contribution is -0.146. The van der Waals surface area contributed by atoms with Crippen LogP contribution in [0.4, 0.5) is 13.2 Å². The van der Waals surface area contributed by atoms with Crippen LogP contribution in [0.2, 0.25) is 0 Å². The van der Waals surface area contributed by atoms with E-state index in [2.05, 4.69) is 21.0 Å². The molecular formula is C27H22BrF3NO5P. The third-order valence-electron chi connectivity index (χ3n) is 5.38. The molecule has 0 radical (unpaired) electrons. The van der Waals surface area contributed by atoms with Crippen LogP contribution in [0, 0.1) is 0 Å². The maximum absolute atomic E-state index is 14.1. The van der Waals surface area contributed by atoms with Gasteiger partial charge in [-0.15, -0.1) is 0 Å². The van der Waals surface area contributed by atoms with Crippen LogP contribution in [0.5, 0.6) is 11.5 Å². The highest BCUT2D eigenvalue weighted by Gasteiger charge is 2.40. The first-order valence-corrected chi connectivity index (χ1v) is 13.7. The summed E-state index contributed by atoms with van der Waals surface area (Å²) in [6.07, 6.45) is -4.82. The lowest BCUT2D eigenvalue weighted by atomic mass is 10.1. The van der Waals surface area contributed by atoms with E-state index in [1.165, 1.54) is 25.1 Å². The third kappa shape index (κ3) is 6.75. The van der Waals surface area contributed by atoms with Crippen molar-refractivity contribution in [2.45, 2.75) is 25.7 Å². The van der Waals surface area contributed by atoms with Crippen LogP contribution >= 0.6 is 23.7 Å². The van der Waals surface area contributed by atoms with Crippen LogP contribution in [0.15, 0.2) is 95.5 Å². The number of esters is 1. The van der Waals surface area contributed by atoms with Gasteiger partial charge >= 0.3 is 19.9 Å². The molecule has 0 aliphatic rings. The molecule has 0 aromatic heterocycles. The van der Waals surface area contributed by atoms with Crippen LogP contribution in [0.3, 0.4) is 0 Å². The van der Waals surface area contributed by atoms with Gasteiger partial charge in [0.15, 0.2) is 5.75 Å². The minimum absolute atomic E-state index is 0.0521. The molecular weight excluding hydrogens is 586 g/mol. The minimum Gasteiger partial charge on any atom is -0.460 e. The summed E-state index contributed by atoms with van der Waals surface area (Å²) in [4.78, 5) is 12.7. The highest BCUT2D eigenvalue weighted by Crippen LogP contribution is 2.51. The van der Waals surface area contributed by atoms with Gasteiger partial charge in [-0.05, 0) is 52.0 Å². The molecule has 1 N–H and O–H groups in total. The molecule has 0 aliphatic heterocycles. The zero-order valence-corrected chi connectivity index (χ0v) is 22.4. The molecule has 0 amide bonds. The Morgan fingerprint density at radius 1 is 0.921 bits per heavy atom. The summed E-state index contributed by atoms with van der Waals surface area (Å²) in [5, 5.41) is 3.73. The zero-order valence-electron chi connectivity index (χ0n) is 19.9. The topological polar surface area (TPSA) is 73.9 Å². The maximum atomic E-state index is 14.1. The average Bonchev–Trinajstić information content (AvgIpc) is 2.88. The smallest absolute Gasteiger partial charge is 0.460 e. The monoisotopic (exact) mass is 607 g/mol. The Labute approximate surface area is 225 Å². The Balaban J connectivity index is 1.66. The number of ether oxygens (including phenoxy) is 1. The summed E-state index contributed by atoms with van der Waals surface area (Å²) < 4.78 is 71.8. The van der Waals surface area contributed by atoms with E-state index in [9.17, 15) is 22.5 Å². The fourth-order valence-corrected chi connectivity index (χ4v) is 5.71. The van der Waals surface area contributed by atoms with Crippen LogP contribution in [0.1, 0.15) is 18.1 Å². The Hall–Kier alpha value is -3.33. The van der Waals surface area contributed by atoms with E-state index >= 15 is 0 Å². The quantitative estimate of drug-likeness (QED) is 0.154. The number of para-hydroxylation sites is 1. The number of benzene rings is 4. The molecule has 0 spiro atoms. The number of nitrogens with one attached hydrogen (secondary N) is 1. The van der Waals surface area contributed by atoms with E-state index in [0.29, 0.717) is 5.39 Å². The van der Waals surface area contributed by atoms with Crippen molar-refractivity contribution < 1.29 is 36.3 Å². The summed E-state index contributed by atoms with van der Waals surface area (Å²) in [5.41, 5.74) is -0.447. The molecule has 4 aromatic rings. The number of hydrogen-bond acceptors (Lipinski definition) is 5. The molecule has 1 unspecified atom stereocenters. The van der Waals surface area contributed by atoms with E-state index in [0.717, 1.165) is 17.0 Å². The molecule has 0 heterocycles. The first-order chi connectivity index (χ1) is 18.1. The lowest BCUT2D eigenvalue weighted by Crippen LogP contribution is -2.36. The Bertz CT molecular complexity index is 1480. The summed E-state index contributed by atoms with van der Waals surface area (Å²) >= 11 is 3.04. The van der Waals surface area contributed by atoms with Gasteiger partial charge in [0.05, 0.1) is 10.0 Å². The van der Waals surface area contributed by atoms with E-state index in [4.69, 9.17) is 13.8 Å². The molecule has 0 aliphatic carbocycles. The van der Waals surface area contributed by atoms with Gasteiger partial charge in [-0.3, -0.25) is 4.79 Å². The number of carbonyl (C=O) groups is 1. The predicted molar refractivity (Wildman–Crippen MR) is 141 cm³/mol. The fraction of sp³-hybridized carbons (Fsp3) is 0.148. The van der Waals surface area contributed by atoms with Crippen molar-refractivity contribution in [1.29, 1.82) is 0 Å². The van der Waals surface area contributed by atoms with Gasteiger partial charge in [-0.25, -0.2) is 4.57 Å². The molecule has 38 heavy (non-hydrogen) atoms. The summed E-state index contributed by atoms with van der Waals surface area (Å²) in [7, 11) is -4.68. The fourth-order valence-electron chi connectivity index (χ4n) is 3.56. The molecule has 4 rings (SSSR count). The third-order valence-corrected chi connectivity index (χ3v) is 7.57. The standard InChI is InChI=1S/C27H22BrF3NO5P/c1-18(26(33)35-17-19-9-3-2-4-10-19)32-38(34,36-24-16-7-12-20-11-5-6-13-21(20)24)37-25-22(27(29,30)31)14-8-15-23(25)28/h2-16,18H,17H2,1H3,(H,32,34)/t18-,38?/m0/s1. The number of carbonyl (C=O) groups excluding carboxylic acids is 1. The highest BCUT2D eigenvalue weighted by molar-refractivity contribution is 9.10. The van der Waals surface area contributed by atoms with Crippen LogP contribution < -0.4 is 14.1 Å². The number of alkyl halides is 3. The first kappa shape index (κ1) is 27.7. The maximum Gasteiger partial charge on any atom is 0.513 e. The van der Waals surface area contributed by atoms with Crippen molar-refractivity contribution in [2.24, 2.45) is 0 Å². The lowest BCUT2D eigenvalue weighted by Gasteiger charge is -2.25. The Morgan fingerprint density at radius 2 is 1.58 bits per heavy atom. The van der Waals surface area contributed by atoms with Crippen molar-refractivity contribution >= 4 is 40.4 Å². The second kappa shape index (κ2) is 11.6. The molecule has 2 atom stereocenters. The van der Waals surface area contributed by atoms with Crippen molar-refractivity contribution in [3.63, 3.8) is 0 Å². The molecule has 0 fully saturated rings. The molecule has 0 bridgehead atoms. The van der Waals surface area contributed by atoms with Crippen molar-refractivity contribution in [2.75, 3.05) is 0 Å². The predicted octanol–water partition coefficient (Wildman–Crippen LogP) is 7.91. The Kier molecular flexibility index (Phi) is 8.45. The van der Waals surface area contributed by atoms with Gasteiger partial charge in [0, 0.05) is 5.39 Å². The van der Waals surface area contributed by atoms with Crippen LogP contribution in [0.25, 0.3) is 10.8 Å². The van der Waals surface area contributed by atoms with E-state index in [-0.39, 0.29) is 16.8 Å². The number of fused-ring (bicyclic) bond motifs is 1. The number of hydrogen-bond donors (Lipinski definition) is 1. The molecule has 198 valence electrons. The van der Waals surface area contributed by atoms with E-state index in [1.807, 2.05) is 6.07 Å². The molecule has 6 nitrogen and oxygen atoms in total. The van der Waals surface area contributed by atoms with Crippen molar-refractivity contribution in [3.05, 3.63) is 107 Å². The second-order valence-electron chi connectivity index (χ2n) is 8.22. The van der Waals surface area contributed by atoms with E-state index < -0.39 is 37.2 Å². The van der Waals surface area contributed by atoms with Crippen LogP contribution in [-0.4, -0.2) is 12.0 Å². The minimum atomic E-state index is -4.82. The van der Waals surface area contributed by atoms with Crippen molar-refractivity contribution in [3.8, 4) is 11.5 Å². The van der Waals surface area contributed by atoms with Gasteiger partial charge in [-0.2, -0.15) is 18.3 Å². The SMILES string of the molecule is C[C@H](NP(=O)(Oc1c(Br)cccc1C(F)(F)F)Oc1cccc2ccccc12)C(=O)OCc1ccccc1.